The van der Waals surface area contributed by atoms with Gasteiger partial charge in [0.2, 0.25) is 0 Å². The predicted octanol–water partition coefficient (Wildman–Crippen LogP) is 14.5. The highest BCUT2D eigenvalue weighted by Gasteiger charge is 2.57. The Morgan fingerprint density at radius 3 is 2.09 bits per heavy atom. The van der Waals surface area contributed by atoms with Crippen molar-refractivity contribution in [3.8, 4) is 28.2 Å². The van der Waals surface area contributed by atoms with E-state index in [1.165, 1.54) is 121 Å². The third-order valence-corrected chi connectivity index (χ3v) is 16.9. The van der Waals surface area contributed by atoms with Crippen LogP contribution in [0.5, 0.6) is 0 Å². The first-order valence-corrected chi connectivity index (χ1v) is 25.2. The Morgan fingerprint density at radius 2 is 1.20 bits per heavy atom. The maximum absolute atomic E-state index is 2.62. The Kier molecular flexibility index (Phi) is 7.89. The first kappa shape index (κ1) is 38.6. The van der Waals surface area contributed by atoms with Crippen LogP contribution >= 0.6 is 0 Å². The summed E-state index contributed by atoms with van der Waals surface area (Å²) in [5, 5.41) is 7.82. The van der Waals surface area contributed by atoms with Crippen molar-refractivity contribution in [3.05, 3.63) is 262 Å². The molecule has 3 nitrogen and oxygen atoms in total. The van der Waals surface area contributed by atoms with E-state index in [4.69, 9.17) is 0 Å². The molecule has 0 bridgehead atoms. The van der Waals surface area contributed by atoms with Crippen molar-refractivity contribution < 1.29 is 0 Å². The lowest BCUT2D eigenvalue weighted by Gasteiger charge is -2.36. The van der Waals surface area contributed by atoms with Crippen LogP contribution in [-0.4, -0.2) is 13.7 Å². The molecule has 0 N–H and O–H groups in total. The third kappa shape index (κ3) is 5.04. The number of rotatable bonds is 4. The van der Waals surface area contributed by atoms with Crippen molar-refractivity contribution in [2.24, 2.45) is 5.92 Å². The molecule has 3 heterocycles. The summed E-state index contributed by atoms with van der Waals surface area (Å²) in [4.78, 5) is 0. The van der Waals surface area contributed by atoms with Gasteiger partial charge in [-0.1, -0.05) is 158 Å². The van der Waals surface area contributed by atoms with Crippen molar-refractivity contribution >= 4 is 61.8 Å². The second-order valence-corrected chi connectivity index (χ2v) is 20.2. The fourth-order valence-electron chi connectivity index (χ4n) is 14.1. The van der Waals surface area contributed by atoms with Gasteiger partial charge >= 0.3 is 0 Å². The molecule has 4 atom stereocenters. The van der Waals surface area contributed by atoms with Crippen LogP contribution in [0.15, 0.2) is 212 Å². The largest absolute Gasteiger partial charge is 0.313 e. The van der Waals surface area contributed by atoms with Crippen molar-refractivity contribution in [2.75, 3.05) is 0 Å². The van der Waals surface area contributed by atoms with E-state index in [0.29, 0.717) is 5.92 Å². The zero-order valence-electron chi connectivity index (χ0n) is 38.6. The minimum atomic E-state index is -0.320. The lowest BCUT2D eigenvalue weighted by molar-refractivity contribution is 0.466. The molecule has 0 saturated heterocycles. The summed E-state index contributed by atoms with van der Waals surface area (Å²) < 4.78 is 7.55. The predicted molar refractivity (Wildman–Crippen MR) is 290 cm³/mol. The number of para-hydroxylation sites is 3. The number of hydrogen-bond donors (Lipinski definition) is 0. The van der Waals surface area contributed by atoms with Crippen LogP contribution in [0.3, 0.4) is 0 Å². The highest BCUT2D eigenvalue weighted by Crippen LogP contribution is 2.65. The zero-order valence-corrected chi connectivity index (χ0v) is 38.6. The molecule has 0 fully saturated rings. The number of benzene rings is 8. The molecule has 0 saturated carbocycles. The van der Waals surface area contributed by atoms with E-state index < -0.39 is 0 Å². The fraction of sp³-hybridized carbons (Fsp3) is 0.104. The van der Waals surface area contributed by atoms with E-state index in [1.807, 2.05) is 0 Å². The molecule has 0 radical (unpaired) electrons. The molecule has 11 aromatic rings. The lowest BCUT2D eigenvalue weighted by atomic mass is 9.65. The molecule has 330 valence electrons. The molecule has 1 spiro atoms. The molecule has 70 heavy (non-hydrogen) atoms. The summed E-state index contributed by atoms with van der Waals surface area (Å²) in [5.74, 6) is 0.807. The van der Waals surface area contributed by atoms with Crippen molar-refractivity contribution in [1.29, 1.82) is 0 Å². The quantitative estimate of drug-likeness (QED) is 0.167. The van der Waals surface area contributed by atoms with Crippen LogP contribution in [-0.2, 0) is 11.8 Å². The van der Waals surface area contributed by atoms with E-state index in [9.17, 15) is 0 Å². The molecule has 8 aromatic carbocycles. The first-order valence-electron chi connectivity index (χ1n) is 25.2. The van der Waals surface area contributed by atoms with Gasteiger partial charge in [0.1, 0.15) is 0 Å². The van der Waals surface area contributed by atoms with Gasteiger partial charge in [-0.3, -0.25) is 0 Å². The highest BCUT2D eigenvalue weighted by atomic mass is 15.0. The summed E-state index contributed by atoms with van der Waals surface area (Å²) in [7, 11) is 0. The van der Waals surface area contributed by atoms with E-state index in [1.54, 1.807) is 0 Å². The van der Waals surface area contributed by atoms with Crippen molar-refractivity contribution in [1.82, 2.24) is 13.7 Å². The van der Waals surface area contributed by atoms with Gasteiger partial charge in [-0.25, -0.2) is 0 Å². The zero-order chi connectivity index (χ0) is 45.7. The summed E-state index contributed by atoms with van der Waals surface area (Å²) in [6, 6.07) is 69.1. The molecular formula is C67H47N3. The number of fused-ring (bicyclic) bond motifs is 19. The molecular weight excluding hydrogens is 847 g/mol. The van der Waals surface area contributed by atoms with Gasteiger partial charge in [0.25, 0.3) is 0 Å². The van der Waals surface area contributed by atoms with Crippen molar-refractivity contribution in [2.45, 2.75) is 36.5 Å². The van der Waals surface area contributed by atoms with Gasteiger partial charge in [0, 0.05) is 78.2 Å². The molecule has 3 aromatic heterocycles. The van der Waals surface area contributed by atoms with Gasteiger partial charge in [-0.2, -0.15) is 0 Å². The number of hydrogen-bond acceptors (Lipinski definition) is 0. The first-order chi connectivity index (χ1) is 34.7. The number of allylic oxidation sites excluding steroid dienone is 5. The minimum Gasteiger partial charge on any atom is -0.313 e. The van der Waals surface area contributed by atoms with Crippen LogP contribution in [0.25, 0.3) is 90.0 Å². The standard InChI is InChI=1S/C67H47N3/c1-3-17-44(18-4-1)68-61-29-15-10-24-50(61)53-37-42(31-34-63(53)68)43-32-35-64-54(38-43)56-40-52-49-23-9-14-28-59(49)67(57-26-12-7-21-47(57)48-22-8-13-27-58(48)67)60(52)41-66(56)70(64)46-33-36-65-55(39-46)51-25-11-16-30-62(51)69(65)45-19-5-2-6-20-45/h1-15,17-29,32-42,47,57H,16,30-31H2. The fourth-order valence-corrected chi connectivity index (χ4v) is 14.1. The molecule has 5 aliphatic carbocycles. The maximum atomic E-state index is 2.62. The summed E-state index contributed by atoms with van der Waals surface area (Å²) in [5.41, 5.74) is 20.8. The average Bonchev–Trinajstić information content (AvgIpc) is 4.20. The molecule has 0 aliphatic heterocycles. The molecule has 4 unspecified atom stereocenters. The van der Waals surface area contributed by atoms with Gasteiger partial charge in [0.15, 0.2) is 0 Å². The summed E-state index contributed by atoms with van der Waals surface area (Å²) in [6.45, 7) is 0. The number of nitrogens with zero attached hydrogens (tertiary/aromatic N) is 3. The van der Waals surface area contributed by atoms with E-state index in [2.05, 4.69) is 244 Å². The molecule has 3 heteroatoms. The Balaban J connectivity index is 0.963. The highest BCUT2D eigenvalue weighted by molar-refractivity contribution is 6.12. The van der Waals surface area contributed by atoms with Crippen LogP contribution in [0, 0.1) is 5.92 Å². The average molecular weight is 894 g/mol. The van der Waals surface area contributed by atoms with Crippen LogP contribution in [0.1, 0.15) is 63.8 Å². The summed E-state index contributed by atoms with van der Waals surface area (Å²) in [6.07, 6.45) is 22.3. The van der Waals surface area contributed by atoms with Crippen molar-refractivity contribution in [3.63, 3.8) is 0 Å². The molecule has 16 rings (SSSR count). The second-order valence-electron chi connectivity index (χ2n) is 20.2. The Morgan fingerprint density at radius 1 is 0.486 bits per heavy atom. The Hall–Kier alpha value is -8.40. The SMILES string of the molecule is C1=CC2c3ccccc3C3(c4ccccc4-c4cc5c6cc(C7C=c8c(n(-c9ccccc9)c9ccccc89)=CC7)ccc6n(-c6ccc7c(c6)c6c(n7-c7ccccc7)CCC=C6)c5cc43)C2C=C1. The minimum absolute atomic E-state index is 0.231. The molecule has 5 aliphatic rings. The topological polar surface area (TPSA) is 14.8 Å². The molecule has 0 amide bonds. The Bertz CT molecular complexity index is 4280. The smallest absolute Gasteiger partial charge is 0.0544 e. The number of aromatic nitrogens is 3. The van der Waals surface area contributed by atoms with Gasteiger partial charge in [0.05, 0.1) is 27.5 Å². The van der Waals surface area contributed by atoms with E-state index in [-0.39, 0.29) is 17.3 Å². The monoisotopic (exact) mass is 893 g/mol. The van der Waals surface area contributed by atoms with Crippen LogP contribution < -0.4 is 10.6 Å². The third-order valence-electron chi connectivity index (χ3n) is 16.9. The van der Waals surface area contributed by atoms with Crippen LogP contribution in [0.4, 0.5) is 0 Å². The van der Waals surface area contributed by atoms with Gasteiger partial charge < -0.3 is 13.7 Å². The van der Waals surface area contributed by atoms with E-state index in [0.717, 1.165) is 19.3 Å². The second kappa shape index (κ2) is 14.3. The summed E-state index contributed by atoms with van der Waals surface area (Å²) >= 11 is 0. The van der Waals surface area contributed by atoms with Gasteiger partial charge in [-0.05, 0) is 131 Å². The Labute approximate surface area is 406 Å². The normalized spacial score (nSPS) is 20.1. The lowest BCUT2D eigenvalue weighted by Crippen LogP contribution is -2.33. The maximum Gasteiger partial charge on any atom is 0.0544 e. The van der Waals surface area contributed by atoms with E-state index >= 15 is 0 Å². The van der Waals surface area contributed by atoms with Crippen LogP contribution in [0.2, 0.25) is 0 Å². The van der Waals surface area contributed by atoms with Gasteiger partial charge in [-0.15, -0.1) is 0 Å².